The van der Waals surface area contributed by atoms with Gasteiger partial charge in [-0.2, -0.15) is 0 Å². The Kier molecular flexibility index (Phi) is 9.60. The summed E-state index contributed by atoms with van der Waals surface area (Å²) >= 11 is 0. The Morgan fingerprint density at radius 2 is 1.76 bits per heavy atom. The molecule has 4 rings (SSSR count). The molecule has 14 heteroatoms. The molecule has 1 aromatic heterocycles. The number of carbonyl (C=O) groups is 1. The van der Waals surface area contributed by atoms with Crippen molar-refractivity contribution in [2.75, 3.05) is 26.1 Å². The third kappa shape index (κ3) is 7.61. The molecule has 11 nitrogen and oxygen atoms in total. The van der Waals surface area contributed by atoms with Gasteiger partial charge in [-0.05, 0) is 55.5 Å². The minimum atomic E-state index is -4.77. The van der Waals surface area contributed by atoms with Gasteiger partial charge in [0, 0.05) is 25.5 Å². The highest BCUT2D eigenvalue weighted by molar-refractivity contribution is 5.85. The van der Waals surface area contributed by atoms with Gasteiger partial charge < -0.3 is 28.4 Å². The van der Waals surface area contributed by atoms with Crippen LogP contribution in [0.4, 0.5) is 23.7 Å². The van der Waals surface area contributed by atoms with Gasteiger partial charge in [-0.15, -0.1) is 24.8 Å². The molecule has 1 saturated heterocycles. The molecule has 220 valence electrons. The zero-order valence-electron chi connectivity index (χ0n) is 22.4. The number of anilines is 1. The minimum Gasteiger partial charge on any atom is -0.416 e. The summed E-state index contributed by atoms with van der Waals surface area (Å²) in [5.41, 5.74) is 1.56. The van der Waals surface area contributed by atoms with Crippen molar-refractivity contribution in [3.05, 3.63) is 67.5 Å². The van der Waals surface area contributed by atoms with E-state index in [2.05, 4.69) is 26.7 Å². The number of hydrogen-bond donors (Lipinski definition) is 1. The number of hydrogen-bond acceptors (Lipinski definition) is 9. The van der Waals surface area contributed by atoms with Gasteiger partial charge in [0.25, 0.3) is 0 Å². The topological polar surface area (TPSA) is 115 Å². The number of aromatic nitrogens is 3. The lowest BCUT2D eigenvalue weighted by Gasteiger charge is -2.43. The molecule has 0 bridgehead atoms. The van der Waals surface area contributed by atoms with E-state index >= 15 is 0 Å². The average Bonchev–Trinajstić information content (AvgIpc) is 3.42. The molecule has 1 amide bonds. The number of carbonyl (C=O) groups excluding carboxylic acids is 1. The monoisotopic (exact) mass is 578 g/mol. The van der Waals surface area contributed by atoms with Crippen molar-refractivity contribution in [1.82, 2.24) is 14.8 Å². The first-order chi connectivity index (χ1) is 19.6. The van der Waals surface area contributed by atoms with Crippen molar-refractivity contribution >= 4 is 11.8 Å². The molecule has 1 aliphatic rings. The predicted octanol–water partition coefficient (Wildman–Crippen LogP) is 4.73. The number of nitrogens with zero attached hydrogens (tertiary/aromatic N) is 3. The van der Waals surface area contributed by atoms with Crippen molar-refractivity contribution in [1.29, 1.82) is 0 Å². The van der Waals surface area contributed by atoms with Gasteiger partial charge in [-0.1, -0.05) is 6.08 Å². The summed E-state index contributed by atoms with van der Waals surface area (Å²) in [5, 5.41) is 7.00. The van der Waals surface area contributed by atoms with Crippen LogP contribution in [0.25, 0.3) is 17.1 Å². The molecule has 0 unspecified atom stereocenters. The maximum absolute atomic E-state index is 12.7. The van der Waals surface area contributed by atoms with E-state index in [1.807, 2.05) is 0 Å². The van der Waals surface area contributed by atoms with Crippen molar-refractivity contribution in [3.63, 3.8) is 0 Å². The first-order valence-corrected chi connectivity index (χ1v) is 12.4. The number of halogens is 3. The van der Waals surface area contributed by atoms with Crippen LogP contribution >= 0.6 is 0 Å². The Labute approximate surface area is 233 Å². The molecule has 0 aliphatic carbocycles. The van der Waals surface area contributed by atoms with E-state index in [4.69, 9.17) is 23.7 Å². The number of ether oxygens (including phenoxy) is 6. The smallest absolute Gasteiger partial charge is 0.416 e. The molecule has 41 heavy (non-hydrogen) atoms. The third-order valence-electron chi connectivity index (χ3n) is 6.12. The van der Waals surface area contributed by atoms with E-state index in [1.165, 1.54) is 49.5 Å². The molecule has 1 aliphatic heterocycles. The van der Waals surface area contributed by atoms with Crippen molar-refractivity contribution in [3.8, 4) is 22.8 Å². The van der Waals surface area contributed by atoms with Crippen molar-refractivity contribution in [2.24, 2.45) is 0 Å². The molecular weight excluding hydrogens is 549 g/mol. The lowest BCUT2D eigenvalue weighted by atomic mass is 9.99. The Morgan fingerprint density at radius 1 is 1.07 bits per heavy atom. The van der Waals surface area contributed by atoms with E-state index < -0.39 is 43.2 Å². The highest BCUT2D eigenvalue weighted by Crippen LogP contribution is 2.29. The van der Waals surface area contributed by atoms with Gasteiger partial charge in [-0.3, -0.25) is 5.32 Å². The summed E-state index contributed by atoms with van der Waals surface area (Å²) < 4.78 is 70.7. The first kappa shape index (κ1) is 30.0. The summed E-state index contributed by atoms with van der Waals surface area (Å²) in [5.74, 6) is 0.0195. The number of benzene rings is 2. The van der Waals surface area contributed by atoms with Crippen LogP contribution in [0, 0.1) is 0 Å². The lowest BCUT2D eigenvalue weighted by molar-refractivity contribution is -0.291. The Bertz CT molecular complexity index is 1300. The standard InChI is InChI=1S/C27H29F3N4O7/c1-5-14-38-22-21(36-3)16(2)39-25(23(22)37-4)40-26(35)32-18-8-6-17(7-9-18)24-31-15-34(33-24)19-10-12-20(13-11-19)41-27(28,29)30/h5-13,15-16,21-23,25H,1,14H2,2-4H3,(H,32,35)/t16-,21-,22+,23+,25-/m0/s1. The zero-order valence-corrected chi connectivity index (χ0v) is 22.4. The van der Waals surface area contributed by atoms with E-state index in [-0.39, 0.29) is 12.4 Å². The van der Waals surface area contributed by atoms with E-state index in [1.54, 1.807) is 37.3 Å². The van der Waals surface area contributed by atoms with Gasteiger partial charge in [0.1, 0.15) is 30.4 Å². The second-order valence-electron chi connectivity index (χ2n) is 8.86. The van der Waals surface area contributed by atoms with Crippen LogP contribution in [-0.4, -0.2) is 78.8 Å². The van der Waals surface area contributed by atoms with Gasteiger partial charge in [0.05, 0.1) is 18.4 Å². The van der Waals surface area contributed by atoms with Gasteiger partial charge in [0.15, 0.2) is 5.82 Å². The van der Waals surface area contributed by atoms with Crippen molar-refractivity contribution < 1.29 is 46.4 Å². The van der Waals surface area contributed by atoms with Gasteiger partial charge >= 0.3 is 12.5 Å². The van der Waals surface area contributed by atoms with Crippen LogP contribution in [-0.2, 0) is 23.7 Å². The quantitative estimate of drug-likeness (QED) is 0.341. The Hall–Kier alpha value is -3.98. The van der Waals surface area contributed by atoms with Crippen LogP contribution in [0.3, 0.4) is 0 Å². The SMILES string of the molecule is C=CCO[C@@H]1[C@@H](OC)[C@H](C)O[C@@H](OC(=O)Nc2ccc(-c3ncn(-c4ccc(OC(F)(F)F)cc4)n3)cc2)[C@@H]1OC. The van der Waals surface area contributed by atoms with Gasteiger partial charge in [0.2, 0.25) is 6.29 Å². The molecule has 2 aromatic carbocycles. The second-order valence-corrected chi connectivity index (χ2v) is 8.86. The molecule has 1 N–H and O–H groups in total. The Balaban J connectivity index is 1.37. The van der Waals surface area contributed by atoms with Crippen LogP contribution < -0.4 is 10.1 Å². The number of rotatable bonds is 10. The number of alkyl halides is 3. The summed E-state index contributed by atoms with van der Waals surface area (Å²) in [6, 6.07) is 11.9. The maximum atomic E-state index is 12.7. The lowest BCUT2D eigenvalue weighted by Crippen LogP contribution is -2.60. The molecule has 0 saturated carbocycles. The third-order valence-corrected chi connectivity index (χ3v) is 6.12. The van der Waals surface area contributed by atoms with Gasteiger partial charge in [-0.25, -0.2) is 14.5 Å². The fourth-order valence-corrected chi connectivity index (χ4v) is 4.29. The zero-order chi connectivity index (χ0) is 29.6. The number of nitrogens with one attached hydrogen (secondary N) is 1. The molecule has 3 aromatic rings. The molecule has 5 atom stereocenters. The normalized spacial score (nSPS) is 22.6. The summed E-state index contributed by atoms with van der Waals surface area (Å²) in [7, 11) is 2.99. The summed E-state index contributed by atoms with van der Waals surface area (Å²) in [4.78, 5) is 16.9. The molecular formula is C27H29F3N4O7. The van der Waals surface area contributed by atoms with E-state index in [0.717, 1.165) is 0 Å². The number of amides is 1. The first-order valence-electron chi connectivity index (χ1n) is 12.4. The van der Waals surface area contributed by atoms with Crippen LogP contribution in [0.5, 0.6) is 5.75 Å². The minimum absolute atomic E-state index is 0.249. The Morgan fingerprint density at radius 3 is 2.37 bits per heavy atom. The fourth-order valence-electron chi connectivity index (χ4n) is 4.29. The van der Waals surface area contributed by atoms with Crippen molar-refractivity contribution in [2.45, 2.75) is 44.0 Å². The summed E-state index contributed by atoms with van der Waals surface area (Å²) in [6.45, 7) is 5.69. The fraction of sp³-hybridized carbons (Fsp3) is 0.370. The van der Waals surface area contributed by atoms with Crippen LogP contribution in [0.15, 0.2) is 67.5 Å². The number of methoxy groups -OCH3 is 2. The van der Waals surface area contributed by atoms with E-state index in [0.29, 0.717) is 22.8 Å². The molecule has 0 spiro atoms. The second kappa shape index (κ2) is 13.1. The molecule has 1 fully saturated rings. The molecule has 2 heterocycles. The van der Waals surface area contributed by atoms with E-state index in [9.17, 15) is 18.0 Å². The average molecular weight is 579 g/mol. The largest absolute Gasteiger partial charge is 0.573 e. The predicted molar refractivity (Wildman–Crippen MR) is 139 cm³/mol. The van der Waals surface area contributed by atoms with Crippen LogP contribution in [0.1, 0.15) is 6.92 Å². The molecule has 0 radical (unpaired) electrons. The highest BCUT2D eigenvalue weighted by Gasteiger charge is 2.47. The summed E-state index contributed by atoms with van der Waals surface area (Å²) in [6.07, 6.45) is -5.79. The van der Waals surface area contributed by atoms with Crippen LogP contribution in [0.2, 0.25) is 0 Å². The maximum Gasteiger partial charge on any atom is 0.573 e. The highest BCUT2D eigenvalue weighted by atomic mass is 19.4.